The Balaban J connectivity index is 1.95. The Bertz CT molecular complexity index is 1140. The smallest absolute Gasteiger partial charge is 0.269 e. The highest BCUT2D eigenvalue weighted by molar-refractivity contribution is 5.63. The number of rotatable bonds is 6. The van der Waals surface area contributed by atoms with Gasteiger partial charge >= 0.3 is 0 Å². The molecule has 1 N–H and O–H groups in total. The number of fused-ring (bicyclic) bond motifs is 3. The average Bonchev–Trinajstić information content (AvgIpc) is 3.20. The molecule has 152 valence electrons. The topological polar surface area (TPSA) is 37.5 Å². The summed E-state index contributed by atoms with van der Waals surface area (Å²) < 4.78 is 30.8. The third-order valence-corrected chi connectivity index (χ3v) is 5.77. The van der Waals surface area contributed by atoms with Crippen LogP contribution < -0.4 is 10.7 Å². The highest BCUT2D eigenvalue weighted by atomic mass is 19.3. The van der Waals surface area contributed by atoms with Gasteiger partial charge in [0.2, 0.25) is 0 Å². The summed E-state index contributed by atoms with van der Waals surface area (Å²) >= 11 is 0. The van der Waals surface area contributed by atoms with Crippen LogP contribution in [0.1, 0.15) is 43.7 Å². The number of allylic oxidation sites excluding steroid dienone is 6. The van der Waals surface area contributed by atoms with E-state index in [1.807, 2.05) is 30.5 Å². The van der Waals surface area contributed by atoms with Crippen molar-refractivity contribution in [2.24, 2.45) is 0 Å². The molecule has 2 aromatic heterocycles. The number of unbranched alkanes of at least 4 members (excludes halogenated alkanes) is 1. The van der Waals surface area contributed by atoms with Crippen LogP contribution in [0, 0.1) is 0 Å². The van der Waals surface area contributed by atoms with Gasteiger partial charge in [0.05, 0.1) is 16.9 Å². The quantitative estimate of drug-likeness (QED) is 0.758. The molecule has 29 heavy (non-hydrogen) atoms. The zero-order valence-corrected chi connectivity index (χ0v) is 16.7. The molecule has 4 rings (SSSR count). The van der Waals surface area contributed by atoms with E-state index in [-0.39, 0.29) is 25.0 Å². The minimum atomic E-state index is -2.79. The number of nitrogens with zero attached hydrogens (tertiary/aromatic N) is 2. The molecule has 0 amide bonds. The van der Waals surface area contributed by atoms with Crippen molar-refractivity contribution in [1.82, 2.24) is 9.38 Å². The predicted octanol–water partition coefficient (Wildman–Crippen LogP) is 3.62. The number of aliphatic hydroxyl groups excluding tert-OH is 1. The normalized spacial score (nSPS) is 18.0. The van der Waals surface area contributed by atoms with Gasteiger partial charge < -0.3 is 5.11 Å². The van der Waals surface area contributed by atoms with Gasteiger partial charge in [0.1, 0.15) is 5.65 Å². The molecule has 0 radical (unpaired) electrons. The lowest BCUT2D eigenvalue weighted by Crippen LogP contribution is -2.33. The maximum atomic E-state index is 14.3. The SMILES string of the molecule is CCC(F)(F)C1=CC=c2c(cc(CCCCO)c3ncc(=C4C=CC=CC4)n23)C1. The number of aromatic nitrogens is 2. The highest BCUT2D eigenvalue weighted by Crippen LogP contribution is 2.31. The number of pyridine rings is 1. The summed E-state index contributed by atoms with van der Waals surface area (Å²) in [6.07, 6.45) is 16.7. The monoisotopic (exact) mass is 396 g/mol. The Morgan fingerprint density at radius 1 is 1.21 bits per heavy atom. The second-order valence-electron chi connectivity index (χ2n) is 7.67. The third kappa shape index (κ3) is 3.71. The fourth-order valence-electron chi connectivity index (χ4n) is 4.10. The molecule has 0 unspecified atom stereocenters. The number of aryl methyl sites for hydroxylation is 1. The van der Waals surface area contributed by atoms with Gasteiger partial charge in [0, 0.05) is 25.0 Å². The van der Waals surface area contributed by atoms with Gasteiger partial charge in [-0.2, -0.15) is 0 Å². The molecule has 0 saturated carbocycles. The van der Waals surface area contributed by atoms with Gasteiger partial charge in [-0.05, 0) is 54.5 Å². The zero-order chi connectivity index (χ0) is 20.4. The molecular formula is C24H26F2N2O. The first-order valence-corrected chi connectivity index (χ1v) is 10.3. The van der Waals surface area contributed by atoms with Crippen LogP contribution in [0.3, 0.4) is 0 Å². The summed E-state index contributed by atoms with van der Waals surface area (Å²) in [5.74, 6) is -2.79. The van der Waals surface area contributed by atoms with Gasteiger partial charge in [-0.3, -0.25) is 4.40 Å². The van der Waals surface area contributed by atoms with Crippen molar-refractivity contribution < 1.29 is 13.9 Å². The van der Waals surface area contributed by atoms with Gasteiger partial charge in [0.15, 0.2) is 0 Å². The van der Waals surface area contributed by atoms with Crippen molar-refractivity contribution in [2.45, 2.75) is 51.4 Å². The van der Waals surface area contributed by atoms with Crippen LogP contribution in [0.2, 0.25) is 0 Å². The first-order valence-electron chi connectivity index (χ1n) is 10.3. The maximum Gasteiger partial charge on any atom is 0.269 e. The maximum absolute atomic E-state index is 14.3. The molecule has 0 aromatic carbocycles. The molecule has 2 aliphatic carbocycles. The van der Waals surface area contributed by atoms with E-state index in [9.17, 15) is 8.78 Å². The van der Waals surface area contributed by atoms with Gasteiger partial charge in [-0.1, -0.05) is 37.3 Å². The second kappa shape index (κ2) is 8.07. The summed E-state index contributed by atoms with van der Waals surface area (Å²) in [7, 11) is 0. The Labute approximate surface area is 169 Å². The minimum Gasteiger partial charge on any atom is -0.396 e. The van der Waals surface area contributed by atoms with Crippen LogP contribution in [0.15, 0.2) is 48.2 Å². The summed E-state index contributed by atoms with van der Waals surface area (Å²) in [5.41, 5.74) is 4.17. The molecule has 3 nitrogen and oxygen atoms in total. The zero-order valence-electron chi connectivity index (χ0n) is 16.7. The summed E-state index contributed by atoms with van der Waals surface area (Å²) in [6, 6.07) is 2.04. The van der Waals surface area contributed by atoms with E-state index in [0.717, 1.165) is 52.3 Å². The van der Waals surface area contributed by atoms with Crippen molar-refractivity contribution in [2.75, 3.05) is 6.61 Å². The number of aliphatic hydroxyl groups is 1. The van der Waals surface area contributed by atoms with E-state index in [2.05, 4.69) is 16.6 Å². The number of imidazole rings is 1. The van der Waals surface area contributed by atoms with Crippen molar-refractivity contribution in [1.29, 1.82) is 0 Å². The van der Waals surface area contributed by atoms with Gasteiger partial charge in [-0.25, -0.2) is 13.8 Å². The molecule has 2 aliphatic rings. The molecule has 0 bridgehead atoms. The predicted molar refractivity (Wildman–Crippen MR) is 112 cm³/mol. The van der Waals surface area contributed by atoms with Crippen LogP contribution >= 0.6 is 0 Å². The Morgan fingerprint density at radius 2 is 2.07 bits per heavy atom. The highest BCUT2D eigenvalue weighted by Gasteiger charge is 2.32. The molecule has 0 spiro atoms. The van der Waals surface area contributed by atoms with Crippen LogP contribution in [-0.2, 0) is 12.8 Å². The largest absolute Gasteiger partial charge is 0.396 e. The van der Waals surface area contributed by atoms with Crippen molar-refractivity contribution in [3.8, 4) is 0 Å². The van der Waals surface area contributed by atoms with E-state index in [4.69, 9.17) is 10.1 Å². The molecule has 0 aliphatic heterocycles. The molecule has 0 atom stereocenters. The van der Waals surface area contributed by atoms with Gasteiger partial charge in [0.25, 0.3) is 5.92 Å². The number of hydrogen-bond acceptors (Lipinski definition) is 2. The Hall–Kier alpha value is -2.53. The molecule has 2 heterocycles. The van der Waals surface area contributed by atoms with Crippen LogP contribution in [0.25, 0.3) is 17.3 Å². The lowest BCUT2D eigenvalue weighted by molar-refractivity contribution is 0.0351. The van der Waals surface area contributed by atoms with Crippen molar-refractivity contribution in [3.05, 3.63) is 70.0 Å². The summed E-state index contributed by atoms with van der Waals surface area (Å²) in [5, 5.41) is 11.1. The molecule has 0 saturated heterocycles. The number of alkyl halides is 2. The molecule has 2 aromatic rings. The first-order chi connectivity index (χ1) is 14.0. The van der Waals surface area contributed by atoms with E-state index >= 15 is 0 Å². The van der Waals surface area contributed by atoms with Crippen molar-refractivity contribution >= 4 is 17.3 Å². The summed E-state index contributed by atoms with van der Waals surface area (Å²) in [4.78, 5) is 4.70. The van der Waals surface area contributed by atoms with E-state index in [1.54, 1.807) is 6.08 Å². The Kier molecular flexibility index (Phi) is 5.50. The fraction of sp³-hybridized carbons (Fsp3) is 0.375. The minimum absolute atomic E-state index is 0.152. The lowest BCUT2D eigenvalue weighted by atomic mass is 9.93. The van der Waals surface area contributed by atoms with Crippen LogP contribution in [0.4, 0.5) is 8.78 Å². The van der Waals surface area contributed by atoms with E-state index in [1.165, 1.54) is 6.92 Å². The molecule has 5 heteroatoms. The van der Waals surface area contributed by atoms with Crippen LogP contribution in [-0.4, -0.2) is 27.0 Å². The molecular weight excluding hydrogens is 370 g/mol. The molecule has 0 fully saturated rings. The van der Waals surface area contributed by atoms with E-state index < -0.39 is 5.92 Å². The van der Waals surface area contributed by atoms with Crippen molar-refractivity contribution in [3.63, 3.8) is 0 Å². The van der Waals surface area contributed by atoms with Crippen LogP contribution in [0.5, 0.6) is 0 Å². The number of hydrogen-bond donors (Lipinski definition) is 1. The number of halogens is 2. The summed E-state index contributed by atoms with van der Waals surface area (Å²) in [6.45, 7) is 1.67. The third-order valence-electron chi connectivity index (χ3n) is 5.77. The average molecular weight is 396 g/mol. The van der Waals surface area contributed by atoms with E-state index in [0.29, 0.717) is 6.42 Å². The fourth-order valence-corrected chi connectivity index (χ4v) is 4.10. The lowest BCUT2D eigenvalue weighted by Gasteiger charge is -2.22. The van der Waals surface area contributed by atoms with Gasteiger partial charge in [-0.15, -0.1) is 0 Å². The second-order valence-corrected chi connectivity index (χ2v) is 7.67. The first kappa shape index (κ1) is 19.8. The Morgan fingerprint density at radius 3 is 2.79 bits per heavy atom. The standard InChI is InChI=1S/C24H26F2N2O/c1-2-24(25,26)20-11-12-21-19(15-20)14-18(10-6-7-13-29)23-27-16-22(28(21)23)17-8-4-3-5-9-17/h3-5,8,11-12,14,16,29H,2,6-7,9-10,13,15H2,1H3.